The fraction of sp³-hybridized carbons (Fsp3) is 0.368. The van der Waals surface area contributed by atoms with E-state index < -0.39 is 0 Å². The topological polar surface area (TPSA) is 3.24 Å². The second kappa shape index (κ2) is 5.49. The highest BCUT2D eigenvalue weighted by atomic mass is 79.9. The molecular weight excluding hydrogens is 322 g/mol. The van der Waals surface area contributed by atoms with E-state index in [2.05, 4.69) is 69.4 Å². The van der Waals surface area contributed by atoms with E-state index in [1.54, 1.807) is 5.56 Å². The molecule has 2 heteroatoms. The van der Waals surface area contributed by atoms with Gasteiger partial charge >= 0.3 is 0 Å². The van der Waals surface area contributed by atoms with E-state index in [-0.39, 0.29) is 0 Å². The molecule has 1 nitrogen and oxygen atoms in total. The molecule has 0 bridgehead atoms. The first-order valence-electron chi connectivity index (χ1n) is 7.94. The molecule has 108 valence electrons. The fourth-order valence-electron chi connectivity index (χ4n) is 3.58. The molecular formula is C19H20BrN. The summed E-state index contributed by atoms with van der Waals surface area (Å²) < 4.78 is 1.16. The molecule has 2 fully saturated rings. The maximum atomic E-state index is 3.54. The highest BCUT2D eigenvalue weighted by molar-refractivity contribution is 9.10. The number of para-hydroxylation sites is 1. The van der Waals surface area contributed by atoms with Gasteiger partial charge in [-0.15, -0.1) is 0 Å². The van der Waals surface area contributed by atoms with Crippen molar-refractivity contribution in [2.75, 3.05) is 11.4 Å². The van der Waals surface area contributed by atoms with Crippen LogP contribution < -0.4 is 4.90 Å². The molecule has 0 aromatic heterocycles. The standard InChI is InChI=1S/C19H20BrN/c20-16-11-9-15(10-12-16)18-6-3-13-21(18)19-5-2-1-4-17(19)14-7-8-14/h1-2,4-5,9-12,14,18H,3,6-8,13H2. The third kappa shape index (κ3) is 2.62. The van der Waals surface area contributed by atoms with Crippen molar-refractivity contribution < 1.29 is 0 Å². The van der Waals surface area contributed by atoms with Crippen molar-refractivity contribution in [2.24, 2.45) is 0 Å². The molecule has 1 heterocycles. The Hall–Kier alpha value is -1.28. The summed E-state index contributed by atoms with van der Waals surface area (Å²) in [6.07, 6.45) is 5.29. The minimum atomic E-state index is 0.540. The number of benzene rings is 2. The van der Waals surface area contributed by atoms with Crippen LogP contribution in [-0.2, 0) is 0 Å². The number of anilines is 1. The van der Waals surface area contributed by atoms with Gasteiger partial charge in [-0.2, -0.15) is 0 Å². The molecule has 0 amide bonds. The smallest absolute Gasteiger partial charge is 0.0543 e. The zero-order chi connectivity index (χ0) is 14.2. The predicted octanol–water partition coefficient (Wildman–Crippen LogP) is 5.67. The summed E-state index contributed by atoms with van der Waals surface area (Å²) in [5.41, 5.74) is 4.49. The van der Waals surface area contributed by atoms with Crippen molar-refractivity contribution in [2.45, 2.75) is 37.6 Å². The second-order valence-electron chi connectivity index (χ2n) is 6.24. The van der Waals surface area contributed by atoms with Crippen LogP contribution in [0.5, 0.6) is 0 Å². The van der Waals surface area contributed by atoms with E-state index in [4.69, 9.17) is 0 Å². The highest BCUT2D eigenvalue weighted by Gasteiger charge is 2.32. The maximum absolute atomic E-state index is 3.54. The van der Waals surface area contributed by atoms with Gasteiger partial charge in [0, 0.05) is 16.7 Å². The average Bonchev–Trinajstić information content (AvgIpc) is 3.25. The summed E-state index contributed by atoms with van der Waals surface area (Å²) in [7, 11) is 0. The third-order valence-corrected chi connectivity index (χ3v) is 5.30. The Morgan fingerprint density at radius 1 is 0.905 bits per heavy atom. The molecule has 1 aliphatic carbocycles. The third-order valence-electron chi connectivity index (χ3n) is 4.77. The first kappa shape index (κ1) is 13.4. The van der Waals surface area contributed by atoms with Gasteiger partial charge in [0.15, 0.2) is 0 Å². The van der Waals surface area contributed by atoms with E-state index in [9.17, 15) is 0 Å². The van der Waals surface area contributed by atoms with Crippen LogP contribution in [0.25, 0.3) is 0 Å². The fourth-order valence-corrected chi connectivity index (χ4v) is 3.84. The summed E-state index contributed by atoms with van der Waals surface area (Å²) in [5, 5.41) is 0. The van der Waals surface area contributed by atoms with Gasteiger partial charge in [-0.25, -0.2) is 0 Å². The summed E-state index contributed by atoms with van der Waals surface area (Å²) in [6.45, 7) is 1.18. The molecule has 21 heavy (non-hydrogen) atoms. The first-order valence-corrected chi connectivity index (χ1v) is 8.73. The van der Waals surface area contributed by atoms with E-state index >= 15 is 0 Å². The van der Waals surface area contributed by atoms with Crippen LogP contribution in [-0.4, -0.2) is 6.54 Å². The van der Waals surface area contributed by atoms with E-state index in [1.165, 1.54) is 43.5 Å². The number of halogens is 1. The largest absolute Gasteiger partial charge is 0.364 e. The van der Waals surface area contributed by atoms with Crippen LogP contribution in [0.4, 0.5) is 5.69 Å². The molecule has 2 aliphatic rings. The Morgan fingerprint density at radius 2 is 1.67 bits per heavy atom. The minimum absolute atomic E-state index is 0.540. The summed E-state index contributed by atoms with van der Waals surface area (Å²) in [6, 6.07) is 18.5. The number of hydrogen-bond acceptors (Lipinski definition) is 1. The lowest BCUT2D eigenvalue weighted by Gasteiger charge is -2.29. The zero-order valence-corrected chi connectivity index (χ0v) is 13.7. The second-order valence-corrected chi connectivity index (χ2v) is 7.15. The lowest BCUT2D eigenvalue weighted by atomic mass is 10.0. The van der Waals surface area contributed by atoms with Crippen LogP contribution in [0, 0.1) is 0 Å². The molecule has 1 unspecified atom stereocenters. The quantitative estimate of drug-likeness (QED) is 0.695. The molecule has 4 rings (SSSR count). The average molecular weight is 342 g/mol. The summed E-state index contributed by atoms with van der Waals surface area (Å²) >= 11 is 3.54. The molecule has 1 saturated carbocycles. The Labute approximate surface area is 135 Å². The molecule has 1 atom stereocenters. The molecule has 0 N–H and O–H groups in total. The predicted molar refractivity (Wildman–Crippen MR) is 91.9 cm³/mol. The van der Waals surface area contributed by atoms with Crippen molar-refractivity contribution in [3.63, 3.8) is 0 Å². The van der Waals surface area contributed by atoms with Gasteiger partial charge in [-0.1, -0.05) is 46.3 Å². The molecule has 1 aliphatic heterocycles. The van der Waals surface area contributed by atoms with Crippen LogP contribution in [0.2, 0.25) is 0 Å². The van der Waals surface area contributed by atoms with Gasteiger partial charge in [0.1, 0.15) is 0 Å². The lowest BCUT2D eigenvalue weighted by molar-refractivity contribution is 0.716. The van der Waals surface area contributed by atoms with E-state index in [1.807, 2.05) is 0 Å². The van der Waals surface area contributed by atoms with Crippen LogP contribution in [0.15, 0.2) is 53.0 Å². The van der Waals surface area contributed by atoms with Gasteiger partial charge < -0.3 is 4.90 Å². The van der Waals surface area contributed by atoms with Crippen molar-refractivity contribution in [1.29, 1.82) is 0 Å². The Kier molecular flexibility index (Phi) is 3.50. The van der Waals surface area contributed by atoms with Gasteiger partial charge in [-0.05, 0) is 60.9 Å². The lowest BCUT2D eigenvalue weighted by Crippen LogP contribution is -2.23. The molecule has 0 radical (unpaired) electrons. The maximum Gasteiger partial charge on any atom is 0.0543 e. The SMILES string of the molecule is Brc1ccc(C2CCCN2c2ccccc2C2CC2)cc1. The van der Waals surface area contributed by atoms with Crippen LogP contribution in [0.3, 0.4) is 0 Å². The number of nitrogens with zero attached hydrogens (tertiary/aromatic N) is 1. The van der Waals surface area contributed by atoms with Crippen molar-refractivity contribution in [3.8, 4) is 0 Å². The number of rotatable bonds is 3. The van der Waals surface area contributed by atoms with Crippen molar-refractivity contribution in [3.05, 3.63) is 64.1 Å². The minimum Gasteiger partial charge on any atom is -0.364 e. The van der Waals surface area contributed by atoms with E-state index in [0.29, 0.717) is 6.04 Å². The van der Waals surface area contributed by atoms with Gasteiger partial charge in [0.05, 0.1) is 6.04 Å². The highest BCUT2D eigenvalue weighted by Crippen LogP contribution is 2.47. The first-order chi connectivity index (χ1) is 10.3. The van der Waals surface area contributed by atoms with E-state index in [0.717, 1.165) is 10.4 Å². The van der Waals surface area contributed by atoms with Crippen molar-refractivity contribution >= 4 is 21.6 Å². The van der Waals surface area contributed by atoms with Crippen LogP contribution in [0.1, 0.15) is 48.8 Å². The molecule has 1 saturated heterocycles. The van der Waals surface area contributed by atoms with Gasteiger partial charge in [0.2, 0.25) is 0 Å². The molecule has 2 aromatic carbocycles. The summed E-state index contributed by atoms with van der Waals surface area (Å²) in [4.78, 5) is 2.64. The zero-order valence-electron chi connectivity index (χ0n) is 12.1. The Morgan fingerprint density at radius 3 is 2.43 bits per heavy atom. The Balaban J connectivity index is 1.69. The van der Waals surface area contributed by atoms with Crippen molar-refractivity contribution in [1.82, 2.24) is 0 Å². The van der Waals surface area contributed by atoms with Gasteiger partial charge in [-0.3, -0.25) is 0 Å². The molecule has 0 spiro atoms. The van der Waals surface area contributed by atoms with Crippen LogP contribution >= 0.6 is 15.9 Å². The van der Waals surface area contributed by atoms with Gasteiger partial charge in [0.25, 0.3) is 0 Å². The summed E-state index contributed by atoms with van der Waals surface area (Å²) in [5.74, 6) is 0.812. The Bertz CT molecular complexity index is 630. The molecule has 2 aromatic rings. The number of hydrogen-bond donors (Lipinski definition) is 0. The monoisotopic (exact) mass is 341 g/mol. The normalized spacial score (nSPS) is 21.8.